The van der Waals surface area contributed by atoms with Crippen LogP contribution < -0.4 is 10.2 Å². The second-order valence-electron chi connectivity index (χ2n) is 4.67. The maximum atomic E-state index is 5.33. The van der Waals surface area contributed by atoms with Crippen LogP contribution in [0.25, 0.3) is 0 Å². The maximum absolute atomic E-state index is 5.33. The molecule has 1 fully saturated rings. The van der Waals surface area contributed by atoms with Crippen molar-refractivity contribution in [1.29, 1.82) is 0 Å². The van der Waals surface area contributed by atoms with Gasteiger partial charge in [-0.05, 0) is 11.4 Å². The standard InChI is InChI=1S/C14H18N4OS/c1-2-13(20-7-1)11-15-8-12-9-16-14(17-10-12)18-3-5-19-6-4-18/h1-2,7,9-10,15H,3-6,8,11H2. The largest absolute Gasteiger partial charge is 0.378 e. The smallest absolute Gasteiger partial charge is 0.225 e. The number of rotatable bonds is 5. The first kappa shape index (κ1) is 13.5. The molecule has 1 aliphatic heterocycles. The van der Waals surface area contributed by atoms with Gasteiger partial charge in [-0.15, -0.1) is 11.3 Å². The molecule has 0 saturated carbocycles. The molecule has 0 atom stereocenters. The molecule has 0 unspecified atom stereocenters. The molecule has 0 aliphatic carbocycles. The molecular formula is C14H18N4OS. The molecule has 6 heteroatoms. The van der Waals surface area contributed by atoms with Crippen LogP contribution in [0.15, 0.2) is 29.9 Å². The normalized spacial score (nSPS) is 15.5. The summed E-state index contributed by atoms with van der Waals surface area (Å²) in [5.41, 5.74) is 1.11. The summed E-state index contributed by atoms with van der Waals surface area (Å²) in [7, 11) is 0. The van der Waals surface area contributed by atoms with Gasteiger partial charge in [0.15, 0.2) is 0 Å². The molecule has 0 radical (unpaired) electrons. The van der Waals surface area contributed by atoms with Gasteiger partial charge in [-0.2, -0.15) is 0 Å². The van der Waals surface area contributed by atoms with Gasteiger partial charge in [0.1, 0.15) is 0 Å². The Morgan fingerprint density at radius 2 is 2.00 bits per heavy atom. The van der Waals surface area contributed by atoms with Crippen LogP contribution in [-0.4, -0.2) is 36.3 Å². The molecule has 0 amide bonds. The van der Waals surface area contributed by atoms with Crippen molar-refractivity contribution in [1.82, 2.24) is 15.3 Å². The lowest BCUT2D eigenvalue weighted by molar-refractivity contribution is 0.122. The van der Waals surface area contributed by atoms with E-state index in [4.69, 9.17) is 4.74 Å². The number of nitrogens with one attached hydrogen (secondary N) is 1. The minimum absolute atomic E-state index is 0.757. The number of anilines is 1. The van der Waals surface area contributed by atoms with Gasteiger partial charge in [0.2, 0.25) is 5.95 Å². The number of aromatic nitrogens is 2. The second-order valence-corrected chi connectivity index (χ2v) is 5.71. The molecule has 0 spiro atoms. The predicted octanol–water partition coefficient (Wildman–Crippen LogP) is 1.66. The van der Waals surface area contributed by atoms with E-state index in [0.29, 0.717) is 0 Å². The van der Waals surface area contributed by atoms with Crippen LogP contribution in [-0.2, 0) is 17.8 Å². The summed E-state index contributed by atoms with van der Waals surface area (Å²) < 4.78 is 5.33. The fourth-order valence-electron chi connectivity index (χ4n) is 2.11. The molecule has 1 N–H and O–H groups in total. The Balaban J connectivity index is 1.50. The van der Waals surface area contributed by atoms with Gasteiger partial charge in [0.05, 0.1) is 13.2 Å². The zero-order valence-electron chi connectivity index (χ0n) is 11.3. The van der Waals surface area contributed by atoms with E-state index < -0.39 is 0 Å². The van der Waals surface area contributed by atoms with E-state index in [1.54, 1.807) is 11.3 Å². The molecule has 2 aromatic rings. The molecule has 3 heterocycles. The first-order valence-corrected chi connectivity index (χ1v) is 7.66. The highest BCUT2D eigenvalue weighted by molar-refractivity contribution is 7.09. The van der Waals surface area contributed by atoms with Crippen LogP contribution in [0.4, 0.5) is 5.95 Å². The molecular weight excluding hydrogens is 272 g/mol. The monoisotopic (exact) mass is 290 g/mol. The molecule has 2 aromatic heterocycles. The lowest BCUT2D eigenvalue weighted by Gasteiger charge is -2.26. The number of hydrogen-bond acceptors (Lipinski definition) is 6. The fraction of sp³-hybridized carbons (Fsp3) is 0.429. The molecule has 3 rings (SSSR count). The third-order valence-electron chi connectivity index (χ3n) is 3.19. The van der Waals surface area contributed by atoms with E-state index >= 15 is 0 Å². The van der Waals surface area contributed by atoms with E-state index in [0.717, 1.165) is 50.9 Å². The Morgan fingerprint density at radius 3 is 2.70 bits per heavy atom. The quantitative estimate of drug-likeness (QED) is 0.907. The summed E-state index contributed by atoms with van der Waals surface area (Å²) in [5, 5.41) is 5.49. The van der Waals surface area contributed by atoms with Gasteiger partial charge in [-0.25, -0.2) is 9.97 Å². The SMILES string of the molecule is c1csc(CNCc2cnc(N3CCOCC3)nc2)c1. The zero-order valence-corrected chi connectivity index (χ0v) is 12.1. The number of hydrogen-bond donors (Lipinski definition) is 1. The van der Waals surface area contributed by atoms with Crippen molar-refractivity contribution < 1.29 is 4.74 Å². The van der Waals surface area contributed by atoms with Crippen LogP contribution in [0.5, 0.6) is 0 Å². The molecule has 1 aliphatic rings. The van der Waals surface area contributed by atoms with E-state index in [1.165, 1.54) is 4.88 Å². The Morgan fingerprint density at radius 1 is 1.20 bits per heavy atom. The summed E-state index contributed by atoms with van der Waals surface area (Å²) in [4.78, 5) is 12.4. The number of thiophene rings is 1. The van der Waals surface area contributed by atoms with Crippen LogP contribution in [0.3, 0.4) is 0 Å². The molecule has 20 heavy (non-hydrogen) atoms. The first-order valence-electron chi connectivity index (χ1n) is 6.78. The highest BCUT2D eigenvalue weighted by Gasteiger charge is 2.13. The van der Waals surface area contributed by atoms with Crippen LogP contribution in [0.2, 0.25) is 0 Å². The van der Waals surface area contributed by atoms with Crippen molar-refractivity contribution in [2.24, 2.45) is 0 Å². The average Bonchev–Trinajstić information content (AvgIpc) is 3.02. The molecule has 0 bridgehead atoms. The van der Waals surface area contributed by atoms with Crippen molar-refractivity contribution in [3.63, 3.8) is 0 Å². The van der Waals surface area contributed by atoms with Gasteiger partial charge >= 0.3 is 0 Å². The van der Waals surface area contributed by atoms with E-state index in [2.05, 4.69) is 37.7 Å². The van der Waals surface area contributed by atoms with Crippen molar-refractivity contribution >= 4 is 17.3 Å². The summed E-state index contributed by atoms with van der Waals surface area (Å²) >= 11 is 1.77. The van der Waals surface area contributed by atoms with E-state index in [9.17, 15) is 0 Å². The summed E-state index contributed by atoms with van der Waals surface area (Å²) in [6.45, 7) is 4.94. The highest BCUT2D eigenvalue weighted by atomic mass is 32.1. The molecule has 0 aromatic carbocycles. The Hall–Kier alpha value is -1.50. The second kappa shape index (κ2) is 6.78. The Kier molecular flexibility index (Phi) is 4.57. The molecule has 1 saturated heterocycles. The third kappa shape index (κ3) is 3.53. The molecule has 5 nitrogen and oxygen atoms in total. The van der Waals surface area contributed by atoms with Crippen LogP contribution in [0.1, 0.15) is 10.4 Å². The first-order chi connectivity index (χ1) is 9.92. The topological polar surface area (TPSA) is 50.3 Å². The predicted molar refractivity (Wildman–Crippen MR) is 79.9 cm³/mol. The summed E-state index contributed by atoms with van der Waals surface area (Å²) in [5.74, 6) is 0.801. The van der Waals surface area contributed by atoms with Crippen molar-refractivity contribution in [3.8, 4) is 0 Å². The number of morpholine rings is 1. The minimum atomic E-state index is 0.757. The fourth-order valence-corrected chi connectivity index (χ4v) is 2.78. The van der Waals surface area contributed by atoms with Crippen LogP contribution >= 0.6 is 11.3 Å². The van der Waals surface area contributed by atoms with Gasteiger partial charge in [-0.1, -0.05) is 6.07 Å². The van der Waals surface area contributed by atoms with E-state index in [1.807, 2.05) is 12.4 Å². The van der Waals surface area contributed by atoms with Crippen molar-refractivity contribution in [2.75, 3.05) is 31.2 Å². The number of ether oxygens (including phenoxy) is 1. The summed E-state index contributed by atoms with van der Waals surface area (Å²) in [6.07, 6.45) is 3.80. The van der Waals surface area contributed by atoms with Gasteiger partial charge < -0.3 is 15.0 Å². The highest BCUT2D eigenvalue weighted by Crippen LogP contribution is 2.10. The zero-order chi connectivity index (χ0) is 13.6. The van der Waals surface area contributed by atoms with Crippen molar-refractivity contribution in [2.45, 2.75) is 13.1 Å². The van der Waals surface area contributed by atoms with Gasteiger partial charge in [0, 0.05) is 49.0 Å². The lowest BCUT2D eigenvalue weighted by Crippen LogP contribution is -2.37. The third-order valence-corrected chi connectivity index (χ3v) is 4.07. The van der Waals surface area contributed by atoms with Crippen LogP contribution in [0, 0.1) is 0 Å². The van der Waals surface area contributed by atoms with E-state index in [-0.39, 0.29) is 0 Å². The molecule has 106 valence electrons. The summed E-state index contributed by atoms with van der Waals surface area (Å²) in [6, 6.07) is 4.21. The van der Waals surface area contributed by atoms with Gasteiger partial charge in [-0.3, -0.25) is 0 Å². The Bertz CT molecular complexity index is 508. The Labute approximate surface area is 122 Å². The van der Waals surface area contributed by atoms with Gasteiger partial charge in [0.25, 0.3) is 0 Å². The maximum Gasteiger partial charge on any atom is 0.225 e. The average molecular weight is 290 g/mol. The number of nitrogens with zero attached hydrogens (tertiary/aromatic N) is 3. The minimum Gasteiger partial charge on any atom is -0.378 e. The lowest BCUT2D eigenvalue weighted by atomic mass is 10.3. The van der Waals surface area contributed by atoms with Crippen molar-refractivity contribution in [3.05, 3.63) is 40.3 Å².